The van der Waals surface area contributed by atoms with Crippen LogP contribution in [0, 0.1) is 0 Å². The Bertz CT molecular complexity index is 1050. The maximum atomic E-state index is 12.8. The van der Waals surface area contributed by atoms with Gasteiger partial charge in [-0.3, -0.25) is 9.78 Å². The number of pyridine rings is 1. The van der Waals surface area contributed by atoms with Crippen molar-refractivity contribution in [2.45, 2.75) is 18.9 Å². The van der Waals surface area contributed by atoms with Crippen LogP contribution >= 0.6 is 0 Å². The average molecular weight is 383 g/mol. The normalized spacial score (nSPS) is 11.7. The summed E-state index contributed by atoms with van der Waals surface area (Å²) in [5.41, 5.74) is 3.34. The Morgan fingerprint density at radius 3 is 2.45 bits per heavy atom. The van der Waals surface area contributed by atoms with E-state index in [2.05, 4.69) is 27.6 Å². The molecule has 2 heterocycles. The number of nitrogens with zero attached hydrogens (tertiary/aromatic N) is 2. The van der Waals surface area contributed by atoms with Crippen LogP contribution in [0.3, 0.4) is 0 Å². The topological polar surface area (TPSA) is 68.0 Å². The van der Waals surface area contributed by atoms with E-state index in [9.17, 15) is 4.79 Å². The van der Waals surface area contributed by atoms with Gasteiger partial charge in [0.2, 0.25) is 0 Å². The van der Waals surface area contributed by atoms with Gasteiger partial charge in [0.25, 0.3) is 5.91 Å². The predicted molar refractivity (Wildman–Crippen MR) is 111 cm³/mol. The highest BCUT2D eigenvalue weighted by Crippen LogP contribution is 2.22. The molecule has 1 N–H and O–H groups in total. The van der Waals surface area contributed by atoms with E-state index in [1.165, 1.54) is 5.56 Å². The van der Waals surface area contributed by atoms with Gasteiger partial charge in [-0.05, 0) is 36.1 Å². The monoisotopic (exact) mass is 383 g/mol. The second kappa shape index (κ2) is 8.97. The van der Waals surface area contributed by atoms with E-state index in [1.807, 2.05) is 60.7 Å². The third-order valence-corrected chi connectivity index (χ3v) is 4.76. The molecule has 2 aromatic heterocycles. The Labute approximate surface area is 169 Å². The molecule has 0 aliphatic carbocycles. The summed E-state index contributed by atoms with van der Waals surface area (Å²) >= 11 is 0. The highest BCUT2D eigenvalue weighted by Gasteiger charge is 2.19. The lowest BCUT2D eigenvalue weighted by Gasteiger charge is -2.18. The van der Waals surface area contributed by atoms with E-state index in [-0.39, 0.29) is 17.6 Å². The van der Waals surface area contributed by atoms with Crippen LogP contribution in [-0.4, -0.2) is 16.0 Å². The standard InChI is InChI=1S/C24H21N3O2/c28-24(22-16-23(29-27-22)20-12-7-15-25-17-20)26-21(19-10-5-2-6-11-19)14-13-18-8-3-1-4-9-18/h1-12,15-17,21H,13-14H2,(H,26,28). The summed E-state index contributed by atoms with van der Waals surface area (Å²) in [4.78, 5) is 16.9. The van der Waals surface area contributed by atoms with E-state index in [0.717, 1.165) is 24.0 Å². The van der Waals surface area contributed by atoms with Gasteiger partial charge in [-0.1, -0.05) is 65.8 Å². The number of carbonyl (C=O) groups excluding carboxylic acids is 1. The van der Waals surface area contributed by atoms with Crippen molar-refractivity contribution in [3.8, 4) is 11.3 Å². The molecular weight excluding hydrogens is 362 g/mol. The fourth-order valence-electron chi connectivity index (χ4n) is 3.22. The molecule has 29 heavy (non-hydrogen) atoms. The molecule has 0 saturated heterocycles. The molecule has 0 bridgehead atoms. The number of rotatable bonds is 7. The summed E-state index contributed by atoms with van der Waals surface area (Å²) in [5, 5.41) is 7.05. The summed E-state index contributed by atoms with van der Waals surface area (Å²) in [7, 11) is 0. The first-order chi connectivity index (χ1) is 14.3. The first kappa shape index (κ1) is 18.6. The lowest BCUT2D eigenvalue weighted by atomic mass is 9.99. The number of aryl methyl sites for hydroxylation is 1. The van der Waals surface area contributed by atoms with E-state index in [0.29, 0.717) is 5.76 Å². The second-order valence-electron chi connectivity index (χ2n) is 6.78. The summed E-state index contributed by atoms with van der Waals surface area (Å²) in [6.45, 7) is 0. The van der Waals surface area contributed by atoms with Crippen LogP contribution in [0.5, 0.6) is 0 Å². The third kappa shape index (κ3) is 4.76. The number of carbonyl (C=O) groups is 1. The Kier molecular flexibility index (Phi) is 5.76. The first-order valence-electron chi connectivity index (χ1n) is 9.56. The SMILES string of the molecule is O=C(NC(CCc1ccccc1)c1ccccc1)c1cc(-c2cccnc2)on1. The smallest absolute Gasteiger partial charge is 0.273 e. The predicted octanol–water partition coefficient (Wildman–Crippen LogP) is 4.84. The number of benzene rings is 2. The molecule has 1 unspecified atom stereocenters. The van der Waals surface area contributed by atoms with Gasteiger partial charge in [0, 0.05) is 24.0 Å². The molecule has 4 aromatic rings. The van der Waals surface area contributed by atoms with Gasteiger partial charge in [0.15, 0.2) is 11.5 Å². The van der Waals surface area contributed by atoms with E-state index in [4.69, 9.17) is 4.52 Å². The number of hydrogen-bond acceptors (Lipinski definition) is 4. The van der Waals surface area contributed by atoms with Crippen molar-refractivity contribution in [1.29, 1.82) is 0 Å². The van der Waals surface area contributed by atoms with Crippen LogP contribution in [-0.2, 0) is 6.42 Å². The maximum absolute atomic E-state index is 12.8. The molecule has 1 atom stereocenters. The number of amides is 1. The molecule has 1 amide bonds. The zero-order chi connectivity index (χ0) is 19.9. The molecule has 0 saturated carbocycles. The molecule has 0 aliphatic heterocycles. The quantitative estimate of drug-likeness (QED) is 0.496. The second-order valence-corrected chi connectivity index (χ2v) is 6.78. The highest BCUT2D eigenvalue weighted by molar-refractivity contribution is 5.93. The van der Waals surface area contributed by atoms with Crippen LogP contribution in [0.1, 0.15) is 34.1 Å². The molecule has 0 aliphatic rings. The fraction of sp³-hybridized carbons (Fsp3) is 0.125. The maximum Gasteiger partial charge on any atom is 0.273 e. The lowest BCUT2D eigenvalue weighted by Crippen LogP contribution is -2.29. The minimum absolute atomic E-state index is 0.123. The van der Waals surface area contributed by atoms with Crippen molar-refractivity contribution in [2.24, 2.45) is 0 Å². The van der Waals surface area contributed by atoms with Gasteiger partial charge < -0.3 is 9.84 Å². The van der Waals surface area contributed by atoms with E-state index < -0.39 is 0 Å². The molecule has 5 heteroatoms. The minimum Gasteiger partial charge on any atom is -0.355 e. The Hall–Kier alpha value is -3.73. The van der Waals surface area contributed by atoms with Crippen molar-refractivity contribution in [3.63, 3.8) is 0 Å². The number of hydrogen-bond donors (Lipinski definition) is 1. The highest BCUT2D eigenvalue weighted by atomic mass is 16.5. The largest absolute Gasteiger partial charge is 0.355 e. The molecule has 0 spiro atoms. The van der Waals surface area contributed by atoms with Crippen LogP contribution < -0.4 is 5.32 Å². The number of aromatic nitrogens is 2. The summed E-state index contributed by atoms with van der Waals surface area (Å²) in [6, 6.07) is 25.4. The van der Waals surface area contributed by atoms with Gasteiger partial charge in [-0.2, -0.15) is 0 Å². The molecule has 5 nitrogen and oxygen atoms in total. The van der Waals surface area contributed by atoms with Gasteiger partial charge in [-0.25, -0.2) is 0 Å². The van der Waals surface area contributed by atoms with Gasteiger partial charge in [0.1, 0.15) is 0 Å². The Morgan fingerprint density at radius 2 is 1.72 bits per heavy atom. The van der Waals surface area contributed by atoms with Crippen molar-refractivity contribution in [3.05, 3.63) is 108 Å². The Balaban J connectivity index is 1.49. The summed E-state index contributed by atoms with van der Waals surface area (Å²) in [6.07, 6.45) is 5.01. The molecular formula is C24H21N3O2. The van der Waals surface area contributed by atoms with Crippen LogP contribution in [0.15, 0.2) is 95.8 Å². The van der Waals surface area contributed by atoms with Gasteiger partial charge in [0.05, 0.1) is 6.04 Å². The molecule has 0 fully saturated rings. The van der Waals surface area contributed by atoms with E-state index >= 15 is 0 Å². The zero-order valence-electron chi connectivity index (χ0n) is 15.9. The molecule has 4 rings (SSSR count). The molecule has 144 valence electrons. The fourth-order valence-corrected chi connectivity index (χ4v) is 3.22. The van der Waals surface area contributed by atoms with Crippen LogP contribution in [0.4, 0.5) is 0 Å². The van der Waals surface area contributed by atoms with Crippen LogP contribution in [0.25, 0.3) is 11.3 Å². The summed E-state index contributed by atoms with van der Waals surface area (Å²) in [5.74, 6) is 0.259. The van der Waals surface area contributed by atoms with E-state index in [1.54, 1.807) is 18.5 Å². The Morgan fingerprint density at radius 1 is 0.966 bits per heavy atom. The first-order valence-corrected chi connectivity index (χ1v) is 9.56. The van der Waals surface area contributed by atoms with Crippen molar-refractivity contribution < 1.29 is 9.32 Å². The summed E-state index contributed by atoms with van der Waals surface area (Å²) < 4.78 is 5.34. The van der Waals surface area contributed by atoms with Gasteiger partial charge >= 0.3 is 0 Å². The lowest BCUT2D eigenvalue weighted by molar-refractivity contribution is 0.0925. The van der Waals surface area contributed by atoms with Crippen LogP contribution in [0.2, 0.25) is 0 Å². The molecule has 2 aromatic carbocycles. The number of nitrogens with one attached hydrogen (secondary N) is 1. The van der Waals surface area contributed by atoms with Gasteiger partial charge in [-0.15, -0.1) is 0 Å². The van der Waals surface area contributed by atoms with Crippen molar-refractivity contribution in [1.82, 2.24) is 15.5 Å². The van der Waals surface area contributed by atoms with Crippen molar-refractivity contribution in [2.75, 3.05) is 0 Å². The zero-order valence-corrected chi connectivity index (χ0v) is 15.9. The minimum atomic E-state index is -0.259. The van der Waals surface area contributed by atoms with Crippen molar-refractivity contribution >= 4 is 5.91 Å². The average Bonchev–Trinajstić information content (AvgIpc) is 3.29. The molecule has 0 radical (unpaired) electrons. The third-order valence-electron chi connectivity index (χ3n) is 4.76.